The molecular weight excluding hydrogens is 227 g/mol. The van der Waals surface area contributed by atoms with Gasteiger partial charge in [0.1, 0.15) is 6.17 Å². The fourth-order valence-corrected chi connectivity index (χ4v) is 1.08. The van der Waals surface area contributed by atoms with E-state index in [1.165, 1.54) is 5.70 Å². The van der Waals surface area contributed by atoms with E-state index in [-0.39, 0.29) is 0 Å². The number of hydrogen-bond donors (Lipinski definition) is 2. The SMILES string of the molecule is CC1=CC=CC(NI)N1. The molecule has 2 N–H and O–H groups in total. The first kappa shape index (κ1) is 7.08. The quantitative estimate of drug-likeness (QED) is 0.530. The average Bonchev–Trinajstić information content (AvgIpc) is 1.88. The smallest absolute Gasteiger partial charge is 0.104 e. The first-order valence-corrected chi connectivity index (χ1v) is 3.88. The van der Waals surface area contributed by atoms with Crippen molar-refractivity contribution >= 4 is 22.9 Å². The highest BCUT2D eigenvalue weighted by molar-refractivity contribution is 14.1. The molecule has 1 rings (SSSR count). The molecule has 0 fully saturated rings. The van der Waals surface area contributed by atoms with E-state index in [0.29, 0.717) is 6.17 Å². The minimum Gasteiger partial charge on any atom is -0.370 e. The van der Waals surface area contributed by atoms with Crippen LogP contribution in [0.3, 0.4) is 0 Å². The molecule has 0 aromatic rings. The number of halogens is 1. The van der Waals surface area contributed by atoms with E-state index < -0.39 is 0 Å². The van der Waals surface area contributed by atoms with Gasteiger partial charge in [0.15, 0.2) is 0 Å². The van der Waals surface area contributed by atoms with Gasteiger partial charge >= 0.3 is 0 Å². The molecule has 0 saturated carbocycles. The van der Waals surface area contributed by atoms with Crippen LogP contribution in [-0.4, -0.2) is 6.17 Å². The molecule has 3 heteroatoms. The lowest BCUT2D eigenvalue weighted by molar-refractivity contribution is 0.665. The van der Waals surface area contributed by atoms with Gasteiger partial charge in [0.25, 0.3) is 0 Å². The van der Waals surface area contributed by atoms with Crippen LogP contribution in [0, 0.1) is 0 Å². The summed E-state index contributed by atoms with van der Waals surface area (Å²) in [4.78, 5) is 0. The van der Waals surface area contributed by atoms with E-state index in [1.54, 1.807) is 0 Å². The van der Waals surface area contributed by atoms with Crippen LogP contribution in [-0.2, 0) is 0 Å². The van der Waals surface area contributed by atoms with E-state index in [0.717, 1.165) is 0 Å². The van der Waals surface area contributed by atoms with Crippen molar-refractivity contribution < 1.29 is 0 Å². The number of allylic oxidation sites excluding steroid dienone is 3. The summed E-state index contributed by atoms with van der Waals surface area (Å²) in [6.07, 6.45) is 6.46. The zero-order valence-corrected chi connectivity index (χ0v) is 7.34. The number of hydrogen-bond acceptors (Lipinski definition) is 2. The van der Waals surface area contributed by atoms with Crippen LogP contribution in [0.4, 0.5) is 0 Å². The van der Waals surface area contributed by atoms with Crippen molar-refractivity contribution in [3.05, 3.63) is 23.9 Å². The second-order valence-corrected chi connectivity index (χ2v) is 2.59. The number of nitrogens with one attached hydrogen (secondary N) is 2. The molecule has 1 aliphatic heterocycles. The molecular formula is C6H9IN2. The molecule has 0 aromatic carbocycles. The Kier molecular flexibility index (Phi) is 2.53. The van der Waals surface area contributed by atoms with Crippen LogP contribution >= 0.6 is 22.9 Å². The molecule has 9 heavy (non-hydrogen) atoms. The molecule has 50 valence electrons. The molecule has 1 heterocycles. The molecule has 0 amide bonds. The van der Waals surface area contributed by atoms with Gasteiger partial charge in [-0.15, -0.1) is 0 Å². The first-order valence-electron chi connectivity index (χ1n) is 2.81. The lowest BCUT2D eigenvalue weighted by atomic mass is 10.3. The van der Waals surface area contributed by atoms with Crippen molar-refractivity contribution in [2.45, 2.75) is 13.1 Å². The maximum absolute atomic E-state index is 3.22. The third-order valence-electron chi connectivity index (χ3n) is 1.15. The maximum atomic E-state index is 3.22. The Morgan fingerprint density at radius 2 is 2.56 bits per heavy atom. The molecule has 1 unspecified atom stereocenters. The monoisotopic (exact) mass is 236 g/mol. The molecule has 0 saturated heterocycles. The van der Waals surface area contributed by atoms with Gasteiger partial charge in [-0.1, -0.05) is 6.08 Å². The summed E-state index contributed by atoms with van der Waals surface area (Å²) in [6.45, 7) is 2.05. The Labute approximate surface area is 68.9 Å². The molecule has 0 bridgehead atoms. The van der Waals surface area contributed by atoms with Crippen molar-refractivity contribution in [1.29, 1.82) is 0 Å². The van der Waals surface area contributed by atoms with Crippen LogP contribution in [0.1, 0.15) is 6.92 Å². The summed E-state index contributed by atoms with van der Waals surface area (Å²) in [5.74, 6) is 0. The van der Waals surface area contributed by atoms with Crippen LogP contribution in [0.2, 0.25) is 0 Å². The third kappa shape index (κ3) is 1.98. The van der Waals surface area contributed by atoms with Gasteiger partial charge in [-0.05, 0) is 19.1 Å². The van der Waals surface area contributed by atoms with Gasteiger partial charge in [0, 0.05) is 28.6 Å². The first-order chi connectivity index (χ1) is 4.33. The minimum absolute atomic E-state index is 0.301. The highest BCUT2D eigenvalue weighted by Gasteiger charge is 2.02. The Morgan fingerprint density at radius 1 is 1.78 bits per heavy atom. The van der Waals surface area contributed by atoms with Crippen molar-refractivity contribution in [2.24, 2.45) is 0 Å². The topological polar surface area (TPSA) is 24.1 Å². The summed E-state index contributed by atoms with van der Waals surface area (Å²) in [5, 5.41) is 3.22. The van der Waals surface area contributed by atoms with Gasteiger partial charge in [0.2, 0.25) is 0 Å². The van der Waals surface area contributed by atoms with Gasteiger partial charge in [-0.3, -0.25) is 0 Å². The normalized spacial score (nSPS) is 25.1. The maximum Gasteiger partial charge on any atom is 0.104 e. The fourth-order valence-electron chi connectivity index (χ4n) is 0.716. The van der Waals surface area contributed by atoms with E-state index in [2.05, 4.69) is 37.8 Å². The predicted molar refractivity (Wildman–Crippen MR) is 47.0 cm³/mol. The zero-order chi connectivity index (χ0) is 6.69. The zero-order valence-electron chi connectivity index (χ0n) is 5.19. The molecule has 2 nitrogen and oxygen atoms in total. The third-order valence-corrected chi connectivity index (χ3v) is 1.82. The van der Waals surface area contributed by atoms with Crippen LogP contribution < -0.4 is 8.85 Å². The second-order valence-electron chi connectivity index (χ2n) is 1.97. The van der Waals surface area contributed by atoms with E-state index in [4.69, 9.17) is 0 Å². The van der Waals surface area contributed by atoms with E-state index in [1.807, 2.05) is 19.1 Å². The van der Waals surface area contributed by atoms with Crippen molar-refractivity contribution in [3.8, 4) is 0 Å². The van der Waals surface area contributed by atoms with Gasteiger partial charge in [-0.2, -0.15) is 0 Å². The van der Waals surface area contributed by atoms with Gasteiger partial charge in [-0.25, -0.2) is 3.53 Å². The highest BCUT2D eigenvalue weighted by atomic mass is 127. The average molecular weight is 236 g/mol. The Balaban J connectivity index is 2.51. The Bertz CT molecular complexity index is 151. The van der Waals surface area contributed by atoms with Crippen molar-refractivity contribution in [3.63, 3.8) is 0 Å². The standard InChI is InChI=1S/C6H9IN2/c1-5-3-2-4-6(8-5)9-7/h2-4,6,8-9H,1H3. The minimum atomic E-state index is 0.301. The predicted octanol–water partition coefficient (Wildman–Crippen LogP) is 1.32. The van der Waals surface area contributed by atoms with Gasteiger partial charge < -0.3 is 5.32 Å². The number of rotatable bonds is 1. The second kappa shape index (κ2) is 3.22. The van der Waals surface area contributed by atoms with Crippen LogP contribution in [0.25, 0.3) is 0 Å². The van der Waals surface area contributed by atoms with Gasteiger partial charge in [0.05, 0.1) is 0 Å². The largest absolute Gasteiger partial charge is 0.370 e. The lowest BCUT2D eigenvalue weighted by Crippen LogP contribution is -2.35. The summed E-state index contributed by atoms with van der Waals surface area (Å²) < 4.78 is 3.07. The molecule has 0 radical (unpaired) electrons. The highest BCUT2D eigenvalue weighted by Crippen LogP contribution is 1.99. The Morgan fingerprint density at radius 3 is 3.00 bits per heavy atom. The Hall–Kier alpha value is -0.0300. The summed E-state index contributed by atoms with van der Waals surface area (Å²) in [5.41, 5.74) is 1.20. The molecule has 1 aliphatic rings. The van der Waals surface area contributed by atoms with E-state index in [9.17, 15) is 0 Å². The van der Waals surface area contributed by atoms with Crippen LogP contribution in [0.15, 0.2) is 23.9 Å². The van der Waals surface area contributed by atoms with Crippen molar-refractivity contribution in [2.75, 3.05) is 0 Å². The molecule has 0 aromatic heterocycles. The van der Waals surface area contributed by atoms with E-state index >= 15 is 0 Å². The van der Waals surface area contributed by atoms with Crippen LogP contribution in [0.5, 0.6) is 0 Å². The molecule has 0 spiro atoms. The summed E-state index contributed by atoms with van der Waals surface area (Å²) in [7, 11) is 0. The molecule has 1 atom stereocenters. The number of dihydropyridines is 1. The fraction of sp³-hybridized carbons (Fsp3) is 0.333. The van der Waals surface area contributed by atoms with Crippen molar-refractivity contribution in [1.82, 2.24) is 8.85 Å². The lowest BCUT2D eigenvalue weighted by Gasteiger charge is -2.17. The summed E-state index contributed by atoms with van der Waals surface area (Å²) >= 11 is 2.13. The summed E-state index contributed by atoms with van der Waals surface area (Å²) in [6, 6.07) is 0. The molecule has 0 aliphatic carbocycles.